The first-order valence-corrected chi connectivity index (χ1v) is 7.41. The highest BCUT2D eigenvalue weighted by atomic mass is 16.5. The molecule has 1 saturated carbocycles. The maximum absolute atomic E-state index is 6.09. The van der Waals surface area contributed by atoms with Gasteiger partial charge in [0.1, 0.15) is 6.10 Å². The summed E-state index contributed by atoms with van der Waals surface area (Å²) in [5, 5.41) is 0. The summed E-state index contributed by atoms with van der Waals surface area (Å²) in [6.07, 6.45) is 3.71. The van der Waals surface area contributed by atoms with E-state index < -0.39 is 0 Å². The van der Waals surface area contributed by atoms with Crippen molar-refractivity contribution in [1.29, 1.82) is 0 Å². The van der Waals surface area contributed by atoms with Crippen LogP contribution in [0.3, 0.4) is 0 Å². The first-order valence-electron chi connectivity index (χ1n) is 7.41. The van der Waals surface area contributed by atoms with Gasteiger partial charge in [0.2, 0.25) is 0 Å². The quantitative estimate of drug-likeness (QED) is 0.890. The second kappa shape index (κ2) is 5.26. The molecule has 20 heavy (non-hydrogen) atoms. The van der Waals surface area contributed by atoms with Crippen LogP contribution in [0.25, 0.3) is 0 Å². The van der Waals surface area contributed by atoms with Crippen LogP contribution in [0, 0.1) is 0 Å². The van der Waals surface area contributed by atoms with Crippen LogP contribution in [0.5, 0.6) is 11.5 Å². The van der Waals surface area contributed by atoms with Crippen LogP contribution in [-0.4, -0.2) is 44.8 Å². The summed E-state index contributed by atoms with van der Waals surface area (Å²) in [6.45, 7) is 2.79. The predicted octanol–water partition coefficient (Wildman–Crippen LogP) is 1.77. The molecule has 0 spiro atoms. The molecule has 3 rings (SSSR count). The number of likely N-dealkylation sites (tertiary alicyclic amines) is 1. The van der Waals surface area contributed by atoms with Crippen LogP contribution in [-0.2, 0) is 5.41 Å². The van der Waals surface area contributed by atoms with Gasteiger partial charge in [-0.15, -0.1) is 0 Å². The molecule has 2 N–H and O–H groups in total. The Morgan fingerprint density at radius 1 is 1.35 bits per heavy atom. The Bertz CT molecular complexity index is 485. The molecular formula is C16H24N2O2. The topological polar surface area (TPSA) is 47.7 Å². The Morgan fingerprint density at radius 2 is 2.15 bits per heavy atom. The molecule has 1 aliphatic heterocycles. The number of hydrogen-bond acceptors (Lipinski definition) is 4. The highest BCUT2D eigenvalue weighted by Gasteiger charge is 2.43. The molecule has 1 aromatic rings. The molecule has 4 heteroatoms. The lowest BCUT2D eigenvalue weighted by Gasteiger charge is -2.19. The standard InChI is InChI=1S/C16H24N2O2/c1-18-8-5-13(10-18)20-14-4-3-12(9-15(14)19-2)16(11-17)6-7-16/h3-4,9,13H,5-8,10-11,17H2,1-2H3. The van der Waals surface area contributed by atoms with Gasteiger partial charge in [0.15, 0.2) is 11.5 Å². The lowest BCUT2D eigenvalue weighted by atomic mass is 9.96. The number of likely N-dealkylation sites (N-methyl/N-ethyl adjacent to an activating group) is 1. The average molecular weight is 276 g/mol. The van der Waals surface area contributed by atoms with Crippen molar-refractivity contribution in [3.63, 3.8) is 0 Å². The molecule has 4 nitrogen and oxygen atoms in total. The summed E-state index contributed by atoms with van der Waals surface area (Å²) in [5.41, 5.74) is 7.38. The average Bonchev–Trinajstić information content (AvgIpc) is 3.17. The normalized spacial score (nSPS) is 24.6. The fraction of sp³-hybridized carbons (Fsp3) is 0.625. The van der Waals surface area contributed by atoms with E-state index in [9.17, 15) is 0 Å². The van der Waals surface area contributed by atoms with Crippen LogP contribution in [0.4, 0.5) is 0 Å². The largest absolute Gasteiger partial charge is 0.493 e. The molecule has 2 aliphatic rings. The van der Waals surface area contributed by atoms with E-state index in [-0.39, 0.29) is 11.5 Å². The Labute approximate surface area is 120 Å². The second-order valence-electron chi connectivity index (χ2n) is 6.14. The minimum Gasteiger partial charge on any atom is -0.493 e. The Balaban J connectivity index is 1.78. The summed E-state index contributed by atoms with van der Waals surface area (Å²) in [6, 6.07) is 6.30. The van der Waals surface area contributed by atoms with E-state index in [1.807, 2.05) is 6.07 Å². The van der Waals surface area contributed by atoms with Crippen LogP contribution >= 0.6 is 0 Å². The van der Waals surface area contributed by atoms with E-state index in [0.717, 1.165) is 31.0 Å². The van der Waals surface area contributed by atoms with Crippen molar-refractivity contribution in [2.75, 3.05) is 33.8 Å². The van der Waals surface area contributed by atoms with Crippen LogP contribution < -0.4 is 15.2 Å². The number of hydrogen-bond donors (Lipinski definition) is 1. The zero-order valence-corrected chi connectivity index (χ0v) is 12.4. The summed E-state index contributed by atoms with van der Waals surface area (Å²) in [4.78, 5) is 2.29. The van der Waals surface area contributed by atoms with Gasteiger partial charge < -0.3 is 20.1 Å². The molecule has 1 aromatic carbocycles. The number of nitrogens with zero attached hydrogens (tertiary/aromatic N) is 1. The van der Waals surface area contributed by atoms with Gasteiger partial charge in [-0.05, 0) is 44.0 Å². The Kier molecular flexibility index (Phi) is 3.61. The smallest absolute Gasteiger partial charge is 0.161 e. The molecule has 110 valence electrons. The zero-order valence-electron chi connectivity index (χ0n) is 12.4. The van der Waals surface area contributed by atoms with Gasteiger partial charge in [0, 0.05) is 25.0 Å². The monoisotopic (exact) mass is 276 g/mol. The molecule has 0 bridgehead atoms. The third kappa shape index (κ3) is 2.50. The van der Waals surface area contributed by atoms with E-state index in [1.165, 1.54) is 18.4 Å². The van der Waals surface area contributed by atoms with Crippen LogP contribution in [0.15, 0.2) is 18.2 Å². The van der Waals surface area contributed by atoms with E-state index in [4.69, 9.17) is 15.2 Å². The molecule has 1 saturated heterocycles. The second-order valence-corrected chi connectivity index (χ2v) is 6.14. The summed E-state index contributed by atoms with van der Waals surface area (Å²) >= 11 is 0. The van der Waals surface area contributed by atoms with E-state index in [1.54, 1.807) is 7.11 Å². The van der Waals surface area contributed by atoms with Crippen molar-refractivity contribution in [1.82, 2.24) is 4.90 Å². The first kappa shape index (κ1) is 13.7. The van der Waals surface area contributed by atoms with E-state index in [0.29, 0.717) is 6.54 Å². The number of methoxy groups -OCH3 is 1. The summed E-state index contributed by atoms with van der Waals surface area (Å²) in [7, 11) is 3.83. The number of ether oxygens (including phenoxy) is 2. The molecule has 1 unspecified atom stereocenters. The number of benzene rings is 1. The van der Waals surface area contributed by atoms with Gasteiger partial charge in [-0.1, -0.05) is 6.07 Å². The van der Waals surface area contributed by atoms with Crippen molar-refractivity contribution >= 4 is 0 Å². The fourth-order valence-corrected chi connectivity index (χ4v) is 3.03. The van der Waals surface area contributed by atoms with Gasteiger partial charge in [-0.2, -0.15) is 0 Å². The number of rotatable bonds is 5. The zero-order chi connectivity index (χ0) is 14.2. The Morgan fingerprint density at radius 3 is 2.70 bits per heavy atom. The van der Waals surface area contributed by atoms with E-state index in [2.05, 4.69) is 24.1 Å². The van der Waals surface area contributed by atoms with Crippen molar-refractivity contribution in [3.8, 4) is 11.5 Å². The molecule has 0 aromatic heterocycles. The molecule has 0 amide bonds. The highest BCUT2D eigenvalue weighted by Crippen LogP contribution is 2.49. The van der Waals surface area contributed by atoms with Gasteiger partial charge in [0.25, 0.3) is 0 Å². The molecule has 1 aliphatic carbocycles. The van der Waals surface area contributed by atoms with Crippen molar-refractivity contribution in [2.24, 2.45) is 5.73 Å². The minimum absolute atomic E-state index is 0.194. The SMILES string of the molecule is COc1cc(C2(CN)CC2)ccc1OC1CCN(C)C1. The van der Waals surface area contributed by atoms with E-state index >= 15 is 0 Å². The van der Waals surface area contributed by atoms with Gasteiger partial charge in [-0.3, -0.25) is 0 Å². The molecule has 1 heterocycles. The first-order chi connectivity index (χ1) is 9.66. The van der Waals surface area contributed by atoms with Gasteiger partial charge in [0.05, 0.1) is 7.11 Å². The van der Waals surface area contributed by atoms with Gasteiger partial charge in [-0.25, -0.2) is 0 Å². The van der Waals surface area contributed by atoms with Gasteiger partial charge >= 0.3 is 0 Å². The maximum atomic E-state index is 6.09. The van der Waals surface area contributed by atoms with Crippen LogP contribution in [0.2, 0.25) is 0 Å². The van der Waals surface area contributed by atoms with Crippen LogP contribution in [0.1, 0.15) is 24.8 Å². The molecule has 0 radical (unpaired) electrons. The van der Waals surface area contributed by atoms with Crippen molar-refractivity contribution < 1.29 is 9.47 Å². The fourth-order valence-electron chi connectivity index (χ4n) is 3.03. The molecule has 2 fully saturated rings. The number of nitrogens with two attached hydrogens (primary N) is 1. The Hall–Kier alpha value is -1.26. The predicted molar refractivity (Wildman–Crippen MR) is 79.5 cm³/mol. The third-order valence-electron chi connectivity index (χ3n) is 4.66. The summed E-state index contributed by atoms with van der Waals surface area (Å²) < 4.78 is 11.6. The molecular weight excluding hydrogens is 252 g/mol. The van der Waals surface area contributed by atoms with Crippen molar-refractivity contribution in [3.05, 3.63) is 23.8 Å². The third-order valence-corrected chi connectivity index (χ3v) is 4.66. The lowest BCUT2D eigenvalue weighted by Crippen LogP contribution is -2.22. The minimum atomic E-state index is 0.194. The maximum Gasteiger partial charge on any atom is 0.161 e. The lowest BCUT2D eigenvalue weighted by molar-refractivity contribution is 0.199. The highest BCUT2D eigenvalue weighted by molar-refractivity contribution is 5.47. The molecule has 1 atom stereocenters. The summed E-state index contributed by atoms with van der Waals surface area (Å²) in [5.74, 6) is 1.68. The van der Waals surface area contributed by atoms with Crippen molar-refractivity contribution in [2.45, 2.75) is 30.8 Å².